The van der Waals surface area contributed by atoms with E-state index in [9.17, 15) is 33.5 Å². The lowest BCUT2D eigenvalue weighted by atomic mass is 10.0. The Balaban J connectivity index is 1.43. The summed E-state index contributed by atoms with van der Waals surface area (Å²) in [6, 6.07) is 8.78. The first kappa shape index (κ1) is 35.9. The number of nitrogens with one attached hydrogen (secondary N) is 5. The van der Waals surface area contributed by atoms with Crippen LogP contribution >= 0.6 is 0 Å². The van der Waals surface area contributed by atoms with Crippen LogP contribution in [0.3, 0.4) is 0 Å². The molecular weight excluding hydrogens is 651 g/mol. The topological polar surface area (TPSA) is 206 Å². The number of amides is 5. The van der Waals surface area contributed by atoms with Crippen LogP contribution in [0.15, 0.2) is 54.7 Å². The van der Waals surface area contributed by atoms with Crippen LogP contribution in [0.5, 0.6) is 5.75 Å². The van der Waals surface area contributed by atoms with Gasteiger partial charge in [0, 0.05) is 6.42 Å². The number of rotatable bonds is 5. The minimum atomic E-state index is -1.48. The number of ether oxygens (including phenoxy) is 1. The second-order valence-electron chi connectivity index (χ2n) is 12.5. The maximum Gasteiger partial charge on any atom is 0.256 e. The number of aliphatic hydroxyl groups is 1. The summed E-state index contributed by atoms with van der Waals surface area (Å²) < 4.78 is 21.6. The molecule has 2 aromatic carbocycles. The molecule has 16 heteroatoms. The highest BCUT2D eigenvalue weighted by Crippen LogP contribution is 2.37. The lowest BCUT2D eigenvalue weighted by molar-refractivity contribution is -0.136. The van der Waals surface area contributed by atoms with E-state index in [-0.39, 0.29) is 56.7 Å². The molecule has 1 fully saturated rings. The molecule has 2 heterocycles. The molecule has 50 heavy (non-hydrogen) atoms. The Morgan fingerprint density at radius 2 is 1.76 bits per heavy atom. The van der Waals surface area contributed by atoms with Crippen molar-refractivity contribution in [1.29, 1.82) is 0 Å². The van der Waals surface area contributed by atoms with Crippen LogP contribution in [0.25, 0.3) is 0 Å². The molecule has 5 rings (SSSR count). The number of hydrogen-bond donors (Lipinski definition) is 6. The minimum absolute atomic E-state index is 0.0239. The van der Waals surface area contributed by atoms with Gasteiger partial charge in [0.05, 0.1) is 31.0 Å². The van der Waals surface area contributed by atoms with E-state index < -0.39 is 65.1 Å². The van der Waals surface area contributed by atoms with Crippen molar-refractivity contribution in [2.75, 3.05) is 6.61 Å². The molecule has 0 radical (unpaired) electrons. The van der Waals surface area contributed by atoms with E-state index in [1.807, 2.05) is 6.07 Å². The fourth-order valence-corrected chi connectivity index (χ4v) is 5.54. The summed E-state index contributed by atoms with van der Waals surface area (Å²) in [6.07, 6.45) is 1.52. The summed E-state index contributed by atoms with van der Waals surface area (Å²) >= 11 is 0. The largest absolute Gasteiger partial charge is 0.491 e. The molecule has 0 unspecified atom stereocenters. The highest BCUT2D eigenvalue weighted by Gasteiger charge is 2.52. The molecule has 266 valence electrons. The van der Waals surface area contributed by atoms with Crippen molar-refractivity contribution in [2.45, 2.75) is 88.8 Å². The van der Waals surface area contributed by atoms with Crippen molar-refractivity contribution in [1.82, 2.24) is 41.6 Å². The summed E-state index contributed by atoms with van der Waals surface area (Å²) in [7, 11) is 0. The average Bonchev–Trinajstić information content (AvgIpc) is 3.74. The molecule has 2 aliphatic rings. The van der Waals surface area contributed by atoms with E-state index in [4.69, 9.17) is 4.74 Å². The molecule has 1 aliphatic carbocycles. The lowest BCUT2D eigenvalue weighted by Gasteiger charge is -2.27. The van der Waals surface area contributed by atoms with E-state index in [1.54, 1.807) is 37.4 Å². The number of fused-ring (bicyclic) bond motifs is 3. The molecule has 15 nitrogen and oxygen atoms in total. The first-order valence-corrected chi connectivity index (χ1v) is 16.5. The van der Waals surface area contributed by atoms with Gasteiger partial charge in [0.15, 0.2) is 0 Å². The molecule has 1 spiro atoms. The fraction of sp³-hybridized carbons (Fsp3) is 0.441. The first-order valence-electron chi connectivity index (χ1n) is 16.5. The molecule has 2 bridgehead atoms. The van der Waals surface area contributed by atoms with Crippen LogP contribution in [-0.4, -0.2) is 86.0 Å². The van der Waals surface area contributed by atoms with Gasteiger partial charge >= 0.3 is 0 Å². The minimum Gasteiger partial charge on any atom is -0.491 e. The summed E-state index contributed by atoms with van der Waals surface area (Å²) in [4.78, 5) is 67.5. The molecule has 3 aromatic rings. The van der Waals surface area contributed by atoms with Crippen molar-refractivity contribution in [2.24, 2.45) is 0 Å². The smallest absolute Gasteiger partial charge is 0.256 e. The fourth-order valence-electron chi connectivity index (χ4n) is 5.54. The number of aliphatic hydroxyl groups excluding tert-OH is 1. The zero-order chi connectivity index (χ0) is 35.8. The van der Waals surface area contributed by atoms with Gasteiger partial charge in [0.25, 0.3) is 5.91 Å². The number of halogens is 1. The van der Waals surface area contributed by atoms with Gasteiger partial charge in [-0.05, 0) is 49.9 Å². The Kier molecular flexibility index (Phi) is 11.4. The van der Waals surface area contributed by atoms with E-state index >= 15 is 0 Å². The number of nitrogens with zero attached hydrogens (tertiary/aromatic N) is 3. The predicted molar refractivity (Wildman–Crippen MR) is 176 cm³/mol. The van der Waals surface area contributed by atoms with Gasteiger partial charge in [-0.3, -0.25) is 24.0 Å². The van der Waals surface area contributed by atoms with Crippen LogP contribution in [0, 0.1) is 5.82 Å². The quantitative estimate of drug-likeness (QED) is 0.217. The Labute approximate surface area is 287 Å². The maximum atomic E-state index is 14.3. The van der Waals surface area contributed by atoms with Gasteiger partial charge < -0.3 is 36.4 Å². The van der Waals surface area contributed by atoms with Gasteiger partial charge in [0.2, 0.25) is 23.6 Å². The van der Waals surface area contributed by atoms with Crippen LogP contribution < -0.4 is 31.3 Å². The van der Waals surface area contributed by atoms with Crippen LogP contribution in [0.4, 0.5) is 4.39 Å². The number of carbonyl (C=O) groups excluding carboxylic acids is 5. The van der Waals surface area contributed by atoms with Crippen LogP contribution in [0.1, 0.15) is 61.1 Å². The van der Waals surface area contributed by atoms with Gasteiger partial charge in [-0.25, -0.2) is 9.07 Å². The van der Waals surface area contributed by atoms with Gasteiger partial charge in [-0.1, -0.05) is 48.9 Å². The van der Waals surface area contributed by atoms with E-state index in [0.717, 1.165) is 17.7 Å². The highest BCUT2D eigenvalue weighted by atomic mass is 19.1. The van der Waals surface area contributed by atoms with E-state index in [1.165, 1.54) is 17.7 Å². The Morgan fingerprint density at radius 1 is 1.00 bits per heavy atom. The molecule has 1 aliphatic heterocycles. The van der Waals surface area contributed by atoms with Crippen LogP contribution in [-0.2, 0) is 38.7 Å². The third-order valence-electron chi connectivity index (χ3n) is 8.51. The monoisotopic (exact) mass is 692 g/mol. The Morgan fingerprint density at radius 3 is 2.46 bits per heavy atom. The first-order chi connectivity index (χ1) is 24.0. The summed E-state index contributed by atoms with van der Waals surface area (Å²) in [5.74, 6) is -4.06. The summed E-state index contributed by atoms with van der Waals surface area (Å²) in [6.45, 7) is 3.31. The molecule has 6 N–H and O–H groups in total. The van der Waals surface area contributed by atoms with Crippen molar-refractivity contribution < 1.29 is 38.2 Å². The van der Waals surface area contributed by atoms with Crippen molar-refractivity contribution >= 4 is 29.5 Å². The number of hydrogen-bond acceptors (Lipinski definition) is 9. The Hall–Kier alpha value is -5.38. The average molecular weight is 693 g/mol. The number of aromatic nitrogens is 3. The summed E-state index contributed by atoms with van der Waals surface area (Å²) in [5.41, 5.74) is -0.308. The van der Waals surface area contributed by atoms with Crippen LogP contribution in [0.2, 0.25) is 0 Å². The van der Waals surface area contributed by atoms with Crippen molar-refractivity contribution in [3.63, 3.8) is 0 Å². The van der Waals surface area contributed by atoms with E-state index in [2.05, 4.69) is 36.9 Å². The summed E-state index contributed by atoms with van der Waals surface area (Å²) in [5, 5.41) is 32.0. The van der Waals surface area contributed by atoms with Gasteiger partial charge in [-0.15, -0.1) is 5.10 Å². The second-order valence-corrected chi connectivity index (χ2v) is 12.5. The zero-order valence-corrected chi connectivity index (χ0v) is 27.8. The van der Waals surface area contributed by atoms with Gasteiger partial charge in [0.1, 0.15) is 47.5 Å². The lowest BCUT2D eigenvalue weighted by Crippen LogP contribution is -2.61. The normalized spacial score (nSPS) is 22.5. The van der Waals surface area contributed by atoms with E-state index in [0.29, 0.717) is 12.1 Å². The highest BCUT2D eigenvalue weighted by molar-refractivity contribution is 6.03. The molecule has 0 saturated heterocycles. The third-order valence-corrected chi connectivity index (χ3v) is 8.51. The maximum absolute atomic E-state index is 14.3. The second kappa shape index (κ2) is 15.9. The standard InChI is InChI=1S/C34H41FN8O7/c1-3-7-25-31(47)39-28(20(2)44)32(48)37-26(16-21-8-5-4-6-9-21)30(46)36-18-23-19-43(42-41-23)14-15-50-27-11-10-22(35)17-24(27)29(45)40-34(12-13-34)33(49)38-25/h4-6,8-11,17,19-20,25-26,28,44H,3,7,12-16,18H2,1-2H3,(H,36,46)(H,37,48)(H,38,49)(H,39,47)(H,40,45)/t20-,25+,26+,28+/m1/s1. The molecule has 1 saturated carbocycles. The van der Waals surface area contributed by atoms with Crippen molar-refractivity contribution in [3.8, 4) is 5.75 Å². The molecule has 1 aromatic heterocycles. The van der Waals surface area contributed by atoms with Gasteiger partial charge in [-0.2, -0.15) is 0 Å². The predicted octanol–water partition coefficient (Wildman–Crippen LogP) is 0.266. The molecule has 4 atom stereocenters. The number of benzene rings is 2. The molecule has 5 amide bonds. The number of carbonyl (C=O) groups is 5. The third kappa shape index (κ3) is 8.99. The Bertz CT molecular complexity index is 1710. The zero-order valence-electron chi connectivity index (χ0n) is 27.8. The molecular formula is C34H41FN8O7. The van der Waals surface area contributed by atoms with Crippen molar-refractivity contribution in [3.05, 3.63) is 77.4 Å². The SMILES string of the molecule is CCC[C@@H]1NC(=O)C2(CC2)NC(=O)c2cc(F)ccc2OCCn2cc(nn2)CNC(=O)[C@H](Cc2ccccc2)NC(=O)[C@H]([C@@H](C)O)NC1=O.